The molecule has 1 aliphatic carbocycles. The SMILES string of the molecule is O=C(NCCc1c[nH]c2cc(F)ccc12)N(Cc1ccc(F)cc1F)C1CC1. The van der Waals surface area contributed by atoms with Gasteiger partial charge in [-0.25, -0.2) is 18.0 Å². The van der Waals surface area contributed by atoms with Gasteiger partial charge in [-0.3, -0.25) is 0 Å². The molecule has 2 amide bonds. The van der Waals surface area contributed by atoms with Gasteiger partial charge in [-0.05, 0) is 49.1 Å². The molecule has 3 aromatic rings. The minimum atomic E-state index is -0.649. The van der Waals surface area contributed by atoms with Crippen molar-refractivity contribution in [1.82, 2.24) is 15.2 Å². The van der Waals surface area contributed by atoms with Crippen LogP contribution >= 0.6 is 0 Å². The van der Waals surface area contributed by atoms with Crippen molar-refractivity contribution in [2.75, 3.05) is 6.54 Å². The van der Waals surface area contributed by atoms with Crippen molar-refractivity contribution >= 4 is 16.9 Å². The molecule has 0 unspecified atom stereocenters. The second kappa shape index (κ2) is 7.58. The monoisotopic (exact) mass is 387 g/mol. The Morgan fingerprint density at radius 1 is 1.07 bits per heavy atom. The molecule has 0 radical (unpaired) electrons. The molecule has 1 fully saturated rings. The molecule has 1 saturated carbocycles. The summed E-state index contributed by atoms with van der Waals surface area (Å²) in [4.78, 5) is 17.2. The molecular formula is C21H20F3N3O. The number of rotatable bonds is 6. The highest BCUT2D eigenvalue weighted by atomic mass is 19.1. The molecule has 0 spiro atoms. The summed E-state index contributed by atoms with van der Waals surface area (Å²) in [6, 6.07) is 7.77. The highest BCUT2D eigenvalue weighted by Gasteiger charge is 2.33. The van der Waals surface area contributed by atoms with Gasteiger partial charge in [0, 0.05) is 41.3 Å². The van der Waals surface area contributed by atoms with Gasteiger partial charge in [0.1, 0.15) is 17.5 Å². The number of nitrogens with zero attached hydrogens (tertiary/aromatic N) is 1. The molecular weight excluding hydrogens is 367 g/mol. The fourth-order valence-electron chi connectivity index (χ4n) is 3.36. The van der Waals surface area contributed by atoms with Gasteiger partial charge >= 0.3 is 6.03 Å². The lowest BCUT2D eigenvalue weighted by Gasteiger charge is -2.23. The summed E-state index contributed by atoms with van der Waals surface area (Å²) in [6.07, 6.45) is 4.15. The first kappa shape index (κ1) is 18.4. The molecule has 2 aromatic carbocycles. The number of carbonyl (C=O) groups excluding carboxylic acids is 1. The largest absolute Gasteiger partial charge is 0.361 e. The summed E-state index contributed by atoms with van der Waals surface area (Å²) < 4.78 is 40.3. The van der Waals surface area contributed by atoms with E-state index in [2.05, 4.69) is 10.3 Å². The van der Waals surface area contributed by atoms with E-state index in [9.17, 15) is 18.0 Å². The van der Waals surface area contributed by atoms with Crippen molar-refractivity contribution in [3.8, 4) is 0 Å². The quantitative estimate of drug-likeness (QED) is 0.643. The second-order valence-electron chi connectivity index (χ2n) is 7.08. The van der Waals surface area contributed by atoms with Crippen molar-refractivity contribution in [2.45, 2.75) is 31.8 Å². The fraction of sp³-hybridized carbons (Fsp3) is 0.286. The number of amides is 2. The lowest BCUT2D eigenvalue weighted by atomic mass is 10.1. The molecule has 0 aliphatic heterocycles. The number of carbonyl (C=O) groups is 1. The number of urea groups is 1. The Morgan fingerprint density at radius 3 is 2.57 bits per heavy atom. The number of aromatic amines is 1. The van der Waals surface area contributed by atoms with Crippen LogP contribution in [0, 0.1) is 17.5 Å². The number of aromatic nitrogens is 1. The maximum absolute atomic E-state index is 13.9. The third-order valence-corrected chi connectivity index (χ3v) is 5.00. The summed E-state index contributed by atoms with van der Waals surface area (Å²) in [5.74, 6) is -1.59. The van der Waals surface area contributed by atoms with E-state index in [1.54, 1.807) is 11.0 Å². The van der Waals surface area contributed by atoms with Crippen LogP contribution in [0.15, 0.2) is 42.6 Å². The van der Waals surface area contributed by atoms with Crippen molar-refractivity contribution in [3.63, 3.8) is 0 Å². The van der Waals surface area contributed by atoms with E-state index in [0.29, 0.717) is 24.0 Å². The first-order valence-electron chi connectivity index (χ1n) is 9.25. The minimum absolute atomic E-state index is 0.0838. The number of benzene rings is 2. The Kier molecular flexibility index (Phi) is 4.98. The Balaban J connectivity index is 1.38. The summed E-state index contributed by atoms with van der Waals surface area (Å²) in [5, 5.41) is 3.79. The zero-order valence-electron chi connectivity index (χ0n) is 15.1. The number of H-pyrrole nitrogens is 1. The standard InChI is InChI=1S/C21H20F3N3O/c22-15-2-1-14(19(24)9-15)12-27(17-4-5-17)21(28)25-8-7-13-11-26-20-10-16(23)3-6-18(13)20/h1-3,6,9-11,17,26H,4-5,7-8,12H2,(H,25,28). The van der Waals surface area contributed by atoms with E-state index in [4.69, 9.17) is 0 Å². The van der Waals surface area contributed by atoms with Crippen molar-refractivity contribution in [3.05, 3.63) is 71.2 Å². The Labute approximate surface area is 160 Å². The highest BCUT2D eigenvalue weighted by Crippen LogP contribution is 2.29. The van der Waals surface area contributed by atoms with Crippen molar-refractivity contribution in [1.29, 1.82) is 0 Å². The van der Waals surface area contributed by atoms with Crippen LogP contribution < -0.4 is 5.32 Å². The molecule has 28 heavy (non-hydrogen) atoms. The molecule has 0 bridgehead atoms. The molecule has 1 aromatic heterocycles. The molecule has 4 nitrogen and oxygen atoms in total. The summed E-state index contributed by atoms with van der Waals surface area (Å²) in [6.45, 7) is 0.507. The Morgan fingerprint density at radius 2 is 1.82 bits per heavy atom. The molecule has 1 aliphatic rings. The lowest BCUT2D eigenvalue weighted by molar-refractivity contribution is 0.191. The van der Waals surface area contributed by atoms with Crippen LogP contribution in [0.25, 0.3) is 10.9 Å². The van der Waals surface area contributed by atoms with Gasteiger partial charge in [0.2, 0.25) is 0 Å². The number of hydrogen-bond donors (Lipinski definition) is 2. The van der Waals surface area contributed by atoms with Gasteiger partial charge < -0.3 is 15.2 Å². The molecule has 146 valence electrons. The number of halogens is 3. The predicted molar refractivity (Wildman–Crippen MR) is 100 cm³/mol. The maximum atomic E-state index is 13.9. The number of hydrogen-bond acceptors (Lipinski definition) is 1. The van der Waals surface area contributed by atoms with E-state index in [0.717, 1.165) is 29.9 Å². The summed E-state index contributed by atoms with van der Waals surface area (Å²) in [5.41, 5.74) is 1.99. The lowest BCUT2D eigenvalue weighted by Crippen LogP contribution is -2.41. The van der Waals surface area contributed by atoms with Gasteiger partial charge in [0.15, 0.2) is 0 Å². The van der Waals surface area contributed by atoms with Crippen LogP contribution in [-0.2, 0) is 13.0 Å². The zero-order valence-corrected chi connectivity index (χ0v) is 15.1. The van der Waals surface area contributed by atoms with Gasteiger partial charge in [-0.2, -0.15) is 0 Å². The zero-order chi connectivity index (χ0) is 19.7. The minimum Gasteiger partial charge on any atom is -0.361 e. The van der Waals surface area contributed by atoms with Gasteiger partial charge in [0.05, 0.1) is 6.54 Å². The smallest absolute Gasteiger partial charge is 0.317 e. The van der Waals surface area contributed by atoms with Gasteiger partial charge in [-0.1, -0.05) is 6.07 Å². The third kappa shape index (κ3) is 3.98. The van der Waals surface area contributed by atoms with Crippen LogP contribution in [0.3, 0.4) is 0 Å². The topological polar surface area (TPSA) is 48.1 Å². The summed E-state index contributed by atoms with van der Waals surface area (Å²) >= 11 is 0. The predicted octanol–water partition coefficient (Wildman–Crippen LogP) is 4.50. The summed E-state index contributed by atoms with van der Waals surface area (Å²) in [7, 11) is 0. The van der Waals surface area contributed by atoms with Crippen LogP contribution in [0.5, 0.6) is 0 Å². The molecule has 7 heteroatoms. The van der Waals surface area contributed by atoms with E-state index >= 15 is 0 Å². The maximum Gasteiger partial charge on any atom is 0.317 e. The third-order valence-electron chi connectivity index (χ3n) is 5.00. The van der Waals surface area contributed by atoms with Crippen molar-refractivity contribution in [2.24, 2.45) is 0 Å². The first-order chi connectivity index (χ1) is 13.5. The Hall–Kier alpha value is -2.96. The van der Waals surface area contributed by atoms with E-state index in [1.165, 1.54) is 24.3 Å². The molecule has 4 rings (SSSR count). The normalized spacial score (nSPS) is 13.7. The van der Waals surface area contributed by atoms with Crippen LogP contribution in [0.1, 0.15) is 24.0 Å². The average molecular weight is 387 g/mol. The highest BCUT2D eigenvalue weighted by molar-refractivity contribution is 5.83. The molecule has 1 heterocycles. The molecule has 0 saturated heterocycles. The Bertz CT molecular complexity index is 1010. The second-order valence-corrected chi connectivity index (χ2v) is 7.08. The molecule has 2 N–H and O–H groups in total. The van der Waals surface area contributed by atoms with Gasteiger partial charge in [0.25, 0.3) is 0 Å². The van der Waals surface area contributed by atoms with Crippen LogP contribution in [-0.4, -0.2) is 28.5 Å². The molecule has 0 atom stereocenters. The van der Waals surface area contributed by atoms with Gasteiger partial charge in [-0.15, -0.1) is 0 Å². The van der Waals surface area contributed by atoms with E-state index in [1.807, 2.05) is 6.20 Å². The number of fused-ring (bicyclic) bond motifs is 1. The average Bonchev–Trinajstić information content (AvgIpc) is 3.42. The van der Waals surface area contributed by atoms with E-state index in [-0.39, 0.29) is 24.4 Å². The first-order valence-corrected chi connectivity index (χ1v) is 9.25. The van der Waals surface area contributed by atoms with E-state index < -0.39 is 11.6 Å². The van der Waals surface area contributed by atoms with Crippen LogP contribution in [0.2, 0.25) is 0 Å². The van der Waals surface area contributed by atoms with Crippen LogP contribution in [0.4, 0.5) is 18.0 Å². The van der Waals surface area contributed by atoms with Crippen molar-refractivity contribution < 1.29 is 18.0 Å². The fourth-order valence-corrected chi connectivity index (χ4v) is 3.36. The number of nitrogens with one attached hydrogen (secondary N) is 2.